The molecule has 36 heavy (non-hydrogen) atoms. The van der Waals surface area contributed by atoms with E-state index in [1.165, 1.54) is 0 Å². The number of para-hydroxylation sites is 1. The number of nitrogens with zero attached hydrogens (tertiary/aromatic N) is 3. The Morgan fingerprint density at radius 2 is 2.08 bits per heavy atom. The van der Waals surface area contributed by atoms with Crippen molar-refractivity contribution in [2.75, 3.05) is 36.9 Å². The molecule has 0 aliphatic carbocycles. The fourth-order valence-corrected chi connectivity index (χ4v) is 6.28. The van der Waals surface area contributed by atoms with Gasteiger partial charge in [-0.15, -0.1) is 11.3 Å². The highest BCUT2D eigenvalue weighted by Crippen LogP contribution is 2.47. The van der Waals surface area contributed by atoms with Gasteiger partial charge in [-0.3, -0.25) is 9.88 Å². The summed E-state index contributed by atoms with van der Waals surface area (Å²) in [4.78, 5) is 19.5. The molecule has 2 N–H and O–H groups in total. The number of rotatable bonds is 5. The molecule has 6 rings (SSSR count). The number of ether oxygens (including phenoxy) is 2. The molecule has 3 aromatic rings. The highest BCUT2D eigenvalue weighted by atomic mass is 35.5. The van der Waals surface area contributed by atoms with Crippen LogP contribution in [0.5, 0.6) is 11.5 Å². The number of carbonyl (C=O) groups is 1. The second-order valence-corrected chi connectivity index (χ2v) is 10.7. The lowest BCUT2D eigenvalue weighted by molar-refractivity contribution is 0.0439. The fourth-order valence-electron chi connectivity index (χ4n) is 5.16. The SMILES string of the molecule is CN1c2c(sc(C(=O)O)c2F)NC1CN1CCC(c2cccc3c2OC(c2ccc(Cl)cn2)O3)CC1. The summed E-state index contributed by atoms with van der Waals surface area (Å²) in [7, 11) is 1.80. The largest absolute Gasteiger partial charge is 0.477 e. The molecule has 1 fully saturated rings. The molecule has 2 unspecified atom stereocenters. The van der Waals surface area contributed by atoms with Crippen LogP contribution < -0.4 is 19.7 Å². The van der Waals surface area contributed by atoms with Gasteiger partial charge in [0.2, 0.25) is 0 Å². The van der Waals surface area contributed by atoms with Crippen LogP contribution in [0.2, 0.25) is 5.02 Å². The first-order valence-corrected chi connectivity index (χ1v) is 12.9. The fraction of sp³-hybridized carbons (Fsp3) is 0.360. The molecule has 1 saturated heterocycles. The normalized spacial score (nSPS) is 21.5. The molecule has 2 aromatic heterocycles. The van der Waals surface area contributed by atoms with Gasteiger partial charge in [-0.05, 0) is 50.0 Å². The lowest BCUT2D eigenvalue weighted by Crippen LogP contribution is -2.46. The maximum absolute atomic E-state index is 14.6. The van der Waals surface area contributed by atoms with E-state index in [1.54, 1.807) is 30.3 Å². The Kier molecular flexibility index (Phi) is 5.89. The number of anilines is 2. The van der Waals surface area contributed by atoms with Crippen molar-refractivity contribution < 1.29 is 23.8 Å². The summed E-state index contributed by atoms with van der Waals surface area (Å²) in [5.74, 6) is -0.0567. The van der Waals surface area contributed by atoms with Crippen LogP contribution in [0.1, 0.15) is 46.0 Å². The number of thiophene rings is 1. The molecule has 8 nitrogen and oxygen atoms in total. The minimum absolute atomic E-state index is 0.106. The van der Waals surface area contributed by atoms with Crippen LogP contribution in [0.4, 0.5) is 15.1 Å². The first-order chi connectivity index (χ1) is 17.4. The number of nitrogens with one attached hydrogen (secondary N) is 1. The zero-order valence-electron chi connectivity index (χ0n) is 19.4. The van der Waals surface area contributed by atoms with Crippen molar-refractivity contribution in [3.63, 3.8) is 0 Å². The predicted octanol–water partition coefficient (Wildman–Crippen LogP) is 5.17. The molecular formula is C25H24ClFN4O4S. The van der Waals surface area contributed by atoms with E-state index in [9.17, 15) is 14.3 Å². The smallest absolute Gasteiger partial charge is 0.349 e. The van der Waals surface area contributed by atoms with Crippen LogP contribution >= 0.6 is 22.9 Å². The molecule has 3 aliphatic heterocycles. The second-order valence-electron chi connectivity index (χ2n) is 9.22. The van der Waals surface area contributed by atoms with Crippen LogP contribution in [0, 0.1) is 5.82 Å². The van der Waals surface area contributed by atoms with E-state index in [0.29, 0.717) is 33.9 Å². The average molecular weight is 531 g/mol. The van der Waals surface area contributed by atoms with Crippen LogP contribution in [0.3, 0.4) is 0 Å². The highest BCUT2D eigenvalue weighted by Gasteiger charge is 2.37. The topological polar surface area (TPSA) is 87.2 Å². The van der Waals surface area contributed by atoms with Gasteiger partial charge < -0.3 is 24.8 Å². The van der Waals surface area contributed by atoms with E-state index in [0.717, 1.165) is 54.3 Å². The van der Waals surface area contributed by atoms with Gasteiger partial charge in [0.1, 0.15) is 22.5 Å². The highest BCUT2D eigenvalue weighted by molar-refractivity contribution is 7.18. The number of likely N-dealkylation sites (N-methyl/N-ethyl adjacent to an activating group) is 1. The van der Waals surface area contributed by atoms with Gasteiger partial charge in [-0.2, -0.15) is 0 Å². The van der Waals surface area contributed by atoms with Gasteiger partial charge in [0.05, 0.1) is 5.02 Å². The van der Waals surface area contributed by atoms with E-state index < -0.39 is 18.1 Å². The number of piperidine rings is 1. The van der Waals surface area contributed by atoms with E-state index >= 15 is 0 Å². The summed E-state index contributed by atoms with van der Waals surface area (Å²) >= 11 is 6.91. The van der Waals surface area contributed by atoms with E-state index in [1.807, 2.05) is 12.1 Å². The monoisotopic (exact) mass is 530 g/mol. The summed E-state index contributed by atoms with van der Waals surface area (Å²) in [6.45, 7) is 2.49. The molecule has 188 valence electrons. The summed E-state index contributed by atoms with van der Waals surface area (Å²) < 4.78 is 26.8. The van der Waals surface area contributed by atoms with Crippen molar-refractivity contribution in [1.29, 1.82) is 0 Å². The Morgan fingerprint density at radius 3 is 2.78 bits per heavy atom. The zero-order valence-corrected chi connectivity index (χ0v) is 21.0. The van der Waals surface area contributed by atoms with Gasteiger partial charge in [0.25, 0.3) is 6.29 Å². The number of likely N-dealkylation sites (tertiary alicyclic amines) is 1. The standard InChI is InChI=1S/C25H24ClFN4O4S/c1-30-18(29-23-20(30)19(27)22(36-23)24(32)33)12-31-9-7-13(8-10-31)15-3-2-4-17-21(15)35-25(34-17)16-6-5-14(26)11-28-16/h2-6,11,13,18,25,29H,7-10,12H2,1H3,(H,32,33). The average Bonchev–Trinajstić information content (AvgIpc) is 3.53. The number of aromatic carboxylic acids is 1. The Hall–Kier alpha value is -3.08. The van der Waals surface area contributed by atoms with Crippen molar-refractivity contribution in [1.82, 2.24) is 9.88 Å². The van der Waals surface area contributed by atoms with Gasteiger partial charge in [-0.1, -0.05) is 23.7 Å². The molecule has 5 heterocycles. The molecule has 1 aromatic carbocycles. The minimum atomic E-state index is -1.24. The van der Waals surface area contributed by atoms with E-state index in [4.69, 9.17) is 21.1 Å². The number of pyridine rings is 1. The Labute approximate surface area is 216 Å². The lowest BCUT2D eigenvalue weighted by Gasteiger charge is -2.35. The molecule has 0 amide bonds. The molecular weight excluding hydrogens is 507 g/mol. The third-order valence-corrected chi connectivity index (χ3v) is 8.35. The second kappa shape index (κ2) is 9.10. The maximum atomic E-state index is 14.6. The molecule has 0 radical (unpaired) electrons. The summed E-state index contributed by atoms with van der Waals surface area (Å²) in [5, 5.41) is 13.6. The summed E-state index contributed by atoms with van der Waals surface area (Å²) in [6, 6.07) is 9.59. The number of fused-ring (bicyclic) bond motifs is 2. The first-order valence-electron chi connectivity index (χ1n) is 11.7. The minimum Gasteiger partial charge on any atom is -0.477 e. The molecule has 3 aliphatic rings. The molecule has 2 atom stereocenters. The summed E-state index contributed by atoms with van der Waals surface area (Å²) in [6.07, 6.45) is 2.80. The number of carboxylic acids is 1. The Balaban J connectivity index is 1.09. The summed E-state index contributed by atoms with van der Waals surface area (Å²) in [5.41, 5.74) is 2.16. The first kappa shape index (κ1) is 23.3. The maximum Gasteiger partial charge on any atom is 0.349 e. The van der Waals surface area contributed by atoms with Crippen molar-refractivity contribution in [3.8, 4) is 11.5 Å². The van der Waals surface area contributed by atoms with Gasteiger partial charge >= 0.3 is 5.97 Å². The molecule has 0 bridgehead atoms. The van der Waals surface area contributed by atoms with Crippen molar-refractivity contribution in [3.05, 3.63) is 63.5 Å². The molecule has 0 spiro atoms. The molecule has 11 heteroatoms. The third-order valence-electron chi connectivity index (χ3n) is 7.06. The lowest BCUT2D eigenvalue weighted by atomic mass is 9.88. The van der Waals surface area contributed by atoms with Crippen LogP contribution in [-0.4, -0.2) is 53.8 Å². The number of carboxylic acid groups (broad SMARTS) is 1. The number of benzene rings is 1. The zero-order chi connectivity index (χ0) is 25.0. The Bertz CT molecular complexity index is 1310. The predicted molar refractivity (Wildman–Crippen MR) is 135 cm³/mol. The number of hydrogen-bond donors (Lipinski definition) is 2. The molecule has 0 saturated carbocycles. The van der Waals surface area contributed by atoms with Crippen LogP contribution in [0.25, 0.3) is 0 Å². The quantitative estimate of drug-likeness (QED) is 0.467. The number of halogens is 2. The Morgan fingerprint density at radius 1 is 1.28 bits per heavy atom. The van der Waals surface area contributed by atoms with E-state index in [-0.39, 0.29) is 11.0 Å². The van der Waals surface area contributed by atoms with Crippen molar-refractivity contribution >= 4 is 39.6 Å². The van der Waals surface area contributed by atoms with Gasteiger partial charge in [-0.25, -0.2) is 9.18 Å². The van der Waals surface area contributed by atoms with Crippen molar-refractivity contribution in [2.24, 2.45) is 0 Å². The number of hydrogen-bond acceptors (Lipinski definition) is 8. The van der Waals surface area contributed by atoms with Gasteiger partial charge in [0.15, 0.2) is 22.2 Å². The van der Waals surface area contributed by atoms with E-state index in [2.05, 4.69) is 21.3 Å². The van der Waals surface area contributed by atoms with Crippen LogP contribution in [0.15, 0.2) is 36.5 Å². The van der Waals surface area contributed by atoms with Gasteiger partial charge in [0, 0.05) is 25.4 Å². The third kappa shape index (κ3) is 4.03. The van der Waals surface area contributed by atoms with Crippen molar-refractivity contribution in [2.45, 2.75) is 31.2 Å². The van der Waals surface area contributed by atoms with Crippen LogP contribution in [-0.2, 0) is 0 Å². The number of aromatic nitrogens is 1.